The zero-order valence-electron chi connectivity index (χ0n) is 14.4. The van der Waals surface area contributed by atoms with E-state index >= 15 is 0 Å². The first kappa shape index (κ1) is 20.5. The Morgan fingerprint density at radius 2 is 1.89 bits per heavy atom. The van der Waals surface area contributed by atoms with Gasteiger partial charge in [-0.05, 0) is 30.3 Å². The molecule has 0 aliphatic heterocycles. The van der Waals surface area contributed by atoms with Crippen molar-refractivity contribution in [2.24, 2.45) is 5.92 Å². The van der Waals surface area contributed by atoms with Crippen LogP contribution >= 0.6 is 15.9 Å². The first-order valence-electron chi connectivity index (χ1n) is 8.04. The van der Waals surface area contributed by atoms with E-state index in [0.717, 1.165) is 6.08 Å². The van der Waals surface area contributed by atoms with Crippen LogP contribution in [0.2, 0.25) is 0 Å². The van der Waals surface area contributed by atoms with Gasteiger partial charge in [0.1, 0.15) is 11.9 Å². The number of benzene rings is 2. The SMILES string of the molecule is C[C@@H](/C=C/C(=O)NO)[C@@H](OC(=O)Nc1ccccc1)c1cc(Br)ccc1O. The van der Waals surface area contributed by atoms with Crippen molar-refractivity contribution >= 4 is 33.6 Å². The van der Waals surface area contributed by atoms with Crippen LogP contribution in [0.5, 0.6) is 5.75 Å². The molecule has 0 spiro atoms. The number of halogens is 1. The van der Waals surface area contributed by atoms with E-state index in [1.807, 2.05) is 6.07 Å². The normalized spacial score (nSPS) is 13.0. The molecule has 2 aromatic carbocycles. The van der Waals surface area contributed by atoms with Crippen LogP contribution < -0.4 is 10.8 Å². The van der Waals surface area contributed by atoms with Gasteiger partial charge in [0, 0.05) is 27.7 Å². The maximum atomic E-state index is 12.3. The maximum absolute atomic E-state index is 12.3. The number of nitrogens with one attached hydrogen (secondary N) is 2. The molecule has 0 saturated carbocycles. The standard InChI is InChI=1S/C19H19BrN2O5/c1-12(7-10-17(24)22-26)18(15-11-13(20)8-9-16(15)23)27-19(25)21-14-5-3-2-4-6-14/h2-12,18,23,26H,1H3,(H,21,25)(H,22,24)/b10-7+/t12-,18+/m0/s1. The Balaban J connectivity index is 2.26. The van der Waals surface area contributed by atoms with Crippen LogP contribution in [0.4, 0.5) is 10.5 Å². The van der Waals surface area contributed by atoms with Crippen LogP contribution in [0.1, 0.15) is 18.6 Å². The second-order valence-corrected chi connectivity index (χ2v) is 6.63. The average Bonchev–Trinajstić information content (AvgIpc) is 2.66. The Kier molecular flexibility index (Phi) is 7.39. The summed E-state index contributed by atoms with van der Waals surface area (Å²) in [5, 5.41) is 21.4. The first-order valence-corrected chi connectivity index (χ1v) is 8.83. The fourth-order valence-corrected chi connectivity index (χ4v) is 2.75. The zero-order valence-corrected chi connectivity index (χ0v) is 16.0. The van der Waals surface area contributed by atoms with Crippen LogP contribution in [0.25, 0.3) is 0 Å². The molecule has 2 rings (SSSR count). The largest absolute Gasteiger partial charge is 0.508 e. The lowest BCUT2D eigenvalue weighted by Crippen LogP contribution is -2.22. The summed E-state index contributed by atoms with van der Waals surface area (Å²) in [5.41, 5.74) is 2.42. The van der Waals surface area contributed by atoms with Gasteiger partial charge >= 0.3 is 6.09 Å². The van der Waals surface area contributed by atoms with E-state index in [4.69, 9.17) is 9.94 Å². The summed E-state index contributed by atoms with van der Waals surface area (Å²) < 4.78 is 6.22. The molecule has 0 saturated heterocycles. The van der Waals surface area contributed by atoms with Crippen molar-refractivity contribution in [1.29, 1.82) is 0 Å². The molecule has 0 unspecified atom stereocenters. The lowest BCUT2D eigenvalue weighted by molar-refractivity contribution is -0.124. The fourth-order valence-electron chi connectivity index (χ4n) is 2.37. The molecular formula is C19H19BrN2O5. The number of hydroxylamine groups is 1. The third-order valence-corrected chi connectivity index (χ3v) is 4.18. The number of phenolic OH excluding ortho intramolecular Hbond substituents is 1. The van der Waals surface area contributed by atoms with Gasteiger partial charge in [-0.15, -0.1) is 0 Å². The van der Waals surface area contributed by atoms with Gasteiger partial charge in [-0.25, -0.2) is 10.3 Å². The third-order valence-electron chi connectivity index (χ3n) is 3.69. The number of carbonyl (C=O) groups is 2. The fraction of sp³-hybridized carbons (Fsp3) is 0.158. The number of hydrogen-bond donors (Lipinski definition) is 4. The summed E-state index contributed by atoms with van der Waals surface area (Å²) in [5.74, 6) is -1.25. The van der Waals surface area contributed by atoms with Crippen LogP contribution in [-0.2, 0) is 9.53 Å². The molecule has 27 heavy (non-hydrogen) atoms. The molecule has 8 heteroatoms. The van der Waals surface area contributed by atoms with Crippen LogP contribution in [-0.4, -0.2) is 22.3 Å². The number of carbonyl (C=O) groups excluding carboxylic acids is 2. The van der Waals surface area contributed by atoms with Crippen molar-refractivity contribution in [3.8, 4) is 5.75 Å². The highest BCUT2D eigenvalue weighted by atomic mass is 79.9. The smallest absolute Gasteiger partial charge is 0.412 e. The summed E-state index contributed by atoms with van der Waals surface area (Å²) in [7, 11) is 0. The summed E-state index contributed by atoms with van der Waals surface area (Å²) in [6.07, 6.45) is 0.990. The number of ether oxygens (including phenoxy) is 1. The van der Waals surface area contributed by atoms with Gasteiger partial charge in [0.25, 0.3) is 5.91 Å². The molecule has 0 radical (unpaired) electrons. The Bertz CT molecular complexity index is 826. The molecule has 2 atom stereocenters. The summed E-state index contributed by atoms with van der Waals surface area (Å²) >= 11 is 3.32. The molecule has 0 bridgehead atoms. The van der Waals surface area contributed by atoms with Crippen molar-refractivity contribution < 1.29 is 24.6 Å². The molecule has 0 aliphatic rings. The molecule has 7 nitrogen and oxygen atoms in total. The van der Waals surface area contributed by atoms with Crippen molar-refractivity contribution in [2.75, 3.05) is 5.32 Å². The minimum Gasteiger partial charge on any atom is -0.508 e. The summed E-state index contributed by atoms with van der Waals surface area (Å²) in [4.78, 5) is 23.6. The van der Waals surface area contributed by atoms with E-state index in [-0.39, 0.29) is 5.75 Å². The van der Waals surface area contributed by atoms with E-state index in [0.29, 0.717) is 15.7 Å². The van der Waals surface area contributed by atoms with Gasteiger partial charge in [0.2, 0.25) is 0 Å². The van der Waals surface area contributed by atoms with Crippen molar-refractivity contribution in [3.05, 3.63) is 70.7 Å². The lowest BCUT2D eigenvalue weighted by Gasteiger charge is -2.23. The molecule has 4 N–H and O–H groups in total. The van der Waals surface area contributed by atoms with E-state index in [9.17, 15) is 14.7 Å². The van der Waals surface area contributed by atoms with E-state index < -0.39 is 24.0 Å². The molecule has 0 aromatic heterocycles. The average molecular weight is 435 g/mol. The van der Waals surface area contributed by atoms with Crippen LogP contribution in [0, 0.1) is 5.92 Å². The number of rotatable bonds is 6. The number of phenols is 1. The molecule has 2 aromatic rings. The van der Waals surface area contributed by atoms with Crippen molar-refractivity contribution in [2.45, 2.75) is 13.0 Å². The first-order chi connectivity index (χ1) is 12.9. The van der Waals surface area contributed by atoms with Crippen molar-refractivity contribution in [3.63, 3.8) is 0 Å². The topological polar surface area (TPSA) is 108 Å². The Hall–Kier alpha value is -2.84. The number of para-hydroxylation sites is 1. The van der Waals surface area contributed by atoms with Crippen LogP contribution in [0.15, 0.2) is 65.2 Å². The quantitative estimate of drug-likeness (QED) is 0.310. The number of amides is 2. The maximum Gasteiger partial charge on any atom is 0.412 e. The monoisotopic (exact) mass is 434 g/mol. The third kappa shape index (κ3) is 6.12. The minimum absolute atomic E-state index is 0.0532. The highest BCUT2D eigenvalue weighted by molar-refractivity contribution is 9.10. The second kappa shape index (κ2) is 9.75. The highest BCUT2D eigenvalue weighted by Crippen LogP contribution is 2.35. The van der Waals surface area contributed by atoms with Gasteiger partial charge in [-0.2, -0.15) is 0 Å². The second-order valence-electron chi connectivity index (χ2n) is 5.71. The van der Waals surface area contributed by atoms with Gasteiger partial charge < -0.3 is 9.84 Å². The number of hydrogen-bond acceptors (Lipinski definition) is 5. The lowest BCUT2D eigenvalue weighted by atomic mass is 9.96. The molecule has 0 aliphatic carbocycles. The summed E-state index contributed by atoms with van der Waals surface area (Å²) in [6, 6.07) is 13.5. The van der Waals surface area contributed by atoms with Gasteiger partial charge in [-0.3, -0.25) is 15.3 Å². The highest BCUT2D eigenvalue weighted by Gasteiger charge is 2.25. The predicted molar refractivity (Wildman–Crippen MR) is 103 cm³/mol. The molecule has 142 valence electrons. The van der Waals surface area contributed by atoms with E-state index in [1.165, 1.54) is 17.6 Å². The van der Waals surface area contributed by atoms with Gasteiger partial charge in [0.15, 0.2) is 0 Å². The van der Waals surface area contributed by atoms with Crippen molar-refractivity contribution in [1.82, 2.24) is 5.48 Å². The van der Waals surface area contributed by atoms with E-state index in [2.05, 4.69) is 21.2 Å². The Morgan fingerprint density at radius 3 is 2.56 bits per heavy atom. The molecule has 0 heterocycles. The van der Waals surface area contributed by atoms with E-state index in [1.54, 1.807) is 43.3 Å². The van der Waals surface area contributed by atoms with Gasteiger partial charge in [-0.1, -0.05) is 47.1 Å². The molecule has 0 fully saturated rings. The summed E-state index contributed by atoms with van der Waals surface area (Å²) in [6.45, 7) is 1.71. The minimum atomic E-state index is -0.881. The predicted octanol–water partition coefficient (Wildman–Crippen LogP) is 4.14. The number of anilines is 1. The van der Waals surface area contributed by atoms with Gasteiger partial charge in [0.05, 0.1) is 0 Å². The Morgan fingerprint density at radius 1 is 1.19 bits per heavy atom. The zero-order chi connectivity index (χ0) is 19.8. The molecular weight excluding hydrogens is 416 g/mol. The molecule has 2 amide bonds. The number of aromatic hydroxyl groups is 1. The Labute approximate surface area is 164 Å². The van der Waals surface area contributed by atoms with Crippen LogP contribution in [0.3, 0.4) is 0 Å².